The van der Waals surface area contributed by atoms with Crippen LogP contribution >= 0.6 is 11.3 Å². The molecule has 1 aromatic heterocycles. The lowest BCUT2D eigenvalue weighted by atomic mass is 10.3. The van der Waals surface area contributed by atoms with Gasteiger partial charge in [-0.25, -0.2) is 0 Å². The van der Waals surface area contributed by atoms with E-state index in [2.05, 4.69) is 11.6 Å². The highest BCUT2D eigenvalue weighted by Gasteiger charge is 2.29. The minimum Gasteiger partial charge on any atom is -0.312 e. The normalized spacial score (nSPS) is 15.3. The summed E-state index contributed by atoms with van der Waals surface area (Å²) in [7, 11) is 0. The molecule has 0 spiro atoms. The highest BCUT2D eigenvalue weighted by molar-refractivity contribution is 7.16. The molecular formula is C14H13N3O3S. The van der Waals surface area contributed by atoms with E-state index in [1.165, 1.54) is 23.5 Å². The third-order valence-corrected chi connectivity index (χ3v) is 4.38. The van der Waals surface area contributed by atoms with E-state index in [-0.39, 0.29) is 17.5 Å². The van der Waals surface area contributed by atoms with E-state index in [0.717, 1.165) is 17.5 Å². The Kier molecular flexibility index (Phi) is 3.42. The van der Waals surface area contributed by atoms with Crippen LogP contribution in [0.2, 0.25) is 0 Å². The van der Waals surface area contributed by atoms with Gasteiger partial charge in [-0.2, -0.15) is 4.99 Å². The van der Waals surface area contributed by atoms with Crippen molar-refractivity contribution in [2.75, 3.05) is 0 Å². The van der Waals surface area contributed by atoms with E-state index in [0.29, 0.717) is 16.9 Å². The summed E-state index contributed by atoms with van der Waals surface area (Å²) in [5, 5.41) is 10.9. The summed E-state index contributed by atoms with van der Waals surface area (Å²) in [6.07, 6.45) is 3.49. The van der Waals surface area contributed by atoms with Crippen molar-refractivity contribution in [3.8, 4) is 0 Å². The monoisotopic (exact) mass is 303 g/mol. The first kappa shape index (κ1) is 13.7. The summed E-state index contributed by atoms with van der Waals surface area (Å²) in [4.78, 5) is 27.1. The number of carbonyl (C=O) groups excluding carboxylic acids is 1. The first-order chi connectivity index (χ1) is 10.1. The molecule has 108 valence electrons. The highest BCUT2D eigenvalue weighted by atomic mass is 32.1. The second-order valence-electron chi connectivity index (χ2n) is 4.92. The number of fused-ring (bicyclic) bond motifs is 1. The fraction of sp³-hybridized carbons (Fsp3) is 0.286. The van der Waals surface area contributed by atoms with Crippen LogP contribution in [0.15, 0.2) is 35.8 Å². The van der Waals surface area contributed by atoms with Gasteiger partial charge in [0.15, 0.2) is 4.80 Å². The van der Waals surface area contributed by atoms with Gasteiger partial charge in [-0.15, -0.1) is 6.58 Å². The Morgan fingerprint density at radius 3 is 2.95 bits per heavy atom. The topological polar surface area (TPSA) is 77.5 Å². The summed E-state index contributed by atoms with van der Waals surface area (Å²) in [5.74, 6) is -0.0457. The summed E-state index contributed by atoms with van der Waals surface area (Å²) in [6, 6.07) is 4.66. The number of aromatic nitrogens is 1. The standard InChI is InChI=1S/C14H13N3O3S/c1-2-7-16-11-8-10(17(19)20)5-6-12(11)21-14(16)15-13(18)9-3-4-9/h2,5-6,8-9H,1,3-4,7H2. The average Bonchev–Trinajstić information content (AvgIpc) is 3.25. The van der Waals surface area contributed by atoms with Crippen LogP contribution in [0.25, 0.3) is 10.2 Å². The molecule has 0 radical (unpaired) electrons. The van der Waals surface area contributed by atoms with E-state index >= 15 is 0 Å². The van der Waals surface area contributed by atoms with E-state index in [1.807, 2.05) is 0 Å². The average molecular weight is 303 g/mol. The number of hydrogen-bond donors (Lipinski definition) is 0. The molecule has 3 rings (SSSR count). The number of hydrogen-bond acceptors (Lipinski definition) is 4. The molecule has 0 N–H and O–H groups in total. The Balaban J connectivity index is 2.19. The Labute approximate surface area is 124 Å². The van der Waals surface area contributed by atoms with Gasteiger partial charge in [-0.3, -0.25) is 14.9 Å². The van der Waals surface area contributed by atoms with Crippen LogP contribution in [0.3, 0.4) is 0 Å². The zero-order valence-corrected chi connectivity index (χ0v) is 12.0. The first-order valence-electron chi connectivity index (χ1n) is 6.57. The van der Waals surface area contributed by atoms with Crippen molar-refractivity contribution in [3.63, 3.8) is 0 Å². The number of carbonyl (C=O) groups is 1. The number of allylic oxidation sites excluding steroid dienone is 1. The lowest BCUT2D eigenvalue weighted by Crippen LogP contribution is -2.16. The molecule has 1 aromatic carbocycles. The summed E-state index contributed by atoms with van der Waals surface area (Å²) in [6.45, 7) is 4.15. The van der Waals surface area contributed by atoms with Crippen LogP contribution in [0.1, 0.15) is 12.8 Å². The Hall–Kier alpha value is -2.28. The largest absolute Gasteiger partial charge is 0.312 e. The molecule has 0 aliphatic heterocycles. The van der Waals surface area contributed by atoms with Crippen molar-refractivity contribution in [3.05, 3.63) is 45.8 Å². The maximum Gasteiger partial charge on any atom is 0.271 e. The zero-order chi connectivity index (χ0) is 15.0. The van der Waals surface area contributed by atoms with Crippen LogP contribution in [0, 0.1) is 16.0 Å². The lowest BCUT2D eigenvalue weighted by molar-refractivity contribution is -0.384. The molecule has 21 heavy (non-hydrogen) atoms. The minimum atomic E-state index is -0.429. The molecule has 7 heteroatoms. The number of benzene rings is 1. The molecular weight excluding hydrogens is 290 g/mol. The van der Waals surface area contributed by atoms with Crippen LogP contribution in [-0.4, -0.2) is 15.4 Å². The van der Waals surface area contributed by atoms with Crippen molar-refractivity contribution < 1.29 is 9.72 Å². The van der Waals surface area contributed by atoms with Crippen molar-refractivity contribution in [1.82, 2.24) is 4.57 Å². The van der Waals surface area contributed by atoms with Gasteiger partial charge in [0.05, 0.1) is 15.1 Å². The Bertz CT molecular complexity index is 814. The molecule has 1 heterocycles. The smallest absolute Gasteiger partial charge is 0.271 e. The molecule has 1 saturated carbocycles. The fourth-order valence-corrected chi connectivity index (χ4v) is 3.10. The van der Waals surface area contributed by atoms with Gasteiger partial charge >= 0.3 is 0 Å². The number of rotatable bonds is 4. The maximum absolute atomic E-state index is 11.9. The van der Waals surface area contributed by atoms with Crippen LogP contribution in [0.4, 0.5) is 5.69 Å². The van der Waals surface area contributed by atoms with E-state index in [4.69, 9.17) is 0 Å². The van der Waals surface area contributed by atoms with Crippen LogP contribution < -0.4 is 4.80 Å². The number of amides is 1. The molecule has 6 nitrogen and oxygen atoms in total. The summed E-state index contributed by atoms with van der Waals surface area (Å²) in [5.41, 5.74) is 0.731. The molecule has 0 saturated heterocycles. The van der Waals surface area contributed by atoms with E-state index in [9.17, 15) is 14.9 Å². The van der Waals surface area contributed by atoms with Crippen molar-refractivity contribution in [1.29, 1.82) is 0 Å². The number of non-ortho nitro benzene ring substituents is 1. The lowest BCUT2D eigenvalue weighted by Gasteiger charge is -2.00. The van der Waals surface area contributed by atoms with Crippen molar-refractivity contribution in [2.24, 2.45) is 10.9 Å². The number of nitrogens with zero attached hydrogens (tertiary/aromatic N) is 3. The third kappa shape index (κ3) is 2.64. The van der Waals surface area contributed by atoms with Gasteiger partial charge in [-0.1, -0.05) is 17.4 Å². The van der Waals surface area contributed by atoms with Crippen LogP contribution in [0.5, 0.6) is 0 Å². The summed E-state index contributed by atoms with van der Waals surface area (Å²) >= 11 is 1.36. The van der Waals surface area contributed by atoms with Gasteiger partial charge < -0.3 is 4.57 Å². The molecule has 0 unspecified atom stereocenters. The molecule has 0 atom stereocenters. The third-order valence-electron chi connectivity index (χ3n) is 3.32. The fourth-order valence-electron chi connectivity index (χ4n) is 2.08. The first-order valence-corrected chi connectivity index (χ1v) is 7.39. The Morgan fingerprint density at radius 2 is 2.33 bits per heavy atom. The molecule has 1 aliphatic carbocycles. The zero-order valence-electron chi connectivity index (χ0n) is 11.2. The highest BCUT2D eigenvalue weighted by Crippen LogP contribution is 2.30. The van der Waals surface area contributed by atoms with Gasteiger partial charge in [0.2, 0.25) is 0 Å². The SMILES string of the molecule is C=CCn1c(=NC(=O)C2CC2)sc2ccc([N+](=O)[O-])cc21. The van der Waals surface area contributed by atoms with Gasteiger partial charge in [0.1, 0.15) is 0 Å². The van der Waals surface area contributed by atoms with E-state index < -0.39 is 4.92 Å². The second kappa shape index (κ2) is 5.25. The van der Waals surface area contributed by atoms with Gasteiger partial charge in [0, 0.05) is 24.6 Å². The van der Waals surface area contributed by atoms with Crippen molar-refractivity contribution in [2.45, 2.75) is 19.4 Å². The van der Waals surface area contributed by atoms with Gasteiger partial charge in [-0.05, 0) is 18.9 Å². The minimum absolute atomic E-state index is 0.0261. The molecule has 1 aliphatic rings. The van der Waals surface area contributed by atoms with Crippen LogP contribution in [-0.2, 0) is 11.3 Å². The number of thiazole rings is 1. The predicted octanol–water partition coefficient (Wildman–Crippen LogP) is 2.63. The molecule has 1 fully saturated rings. The Morgan fingerprint density at radius 1 is 1.57 bits per heavy atom. The van der Waals surface area contributed by atoms with Crippen molar-refractivity contribution >= 4 is 33.1 Å². The van der Waals surface area contributed by atoms with Gasteiger partial charge in [0.25, 0.3) is 11.6 Å². The molecule has 0 bridgehead atoms. The molecule has 2 aromatic rings. The maximum atomic E-state index is 11.9. The number of nitro benzene ring substituents is 1. The molecule has 1 amide bonds. The second-order valence-corrected chi connectivity index (χ2v) is 5.93. The summed E-state index contributed by atoms with van der Waals surface area (Å²) < 4.78 is 2.66. The predicted molar refractivity (Wildman–Crippen MR) is 80.0 cm³/mol. The quantitative estimate of drug-likeness (QED) is 0.495. The van der Waals surface area contributed by atoms with E-state index in [1.54, 1.807) is 16.7 Å². The number of nitro groups is 1.